The Bertz CT molecular complexity index is 337. The van der Waals surface area contributed by atoms with E-state index in [1.165, 1.54) is 6.08 Å². The van der Waals surface area contributed by atoms with E-state index in [1.807, 2.05) is 37.3 Å². The fourth-order valence-corrected chi connectivity index (χ4v) is 1.80. The molecule has 2 N–H and O–H groups in total. The van der Waals surface area contributed by atoms with Crippen molar-refractivity contribution >= 4 is 0 Å². The highest BCUT2D eigenvalue weighted by Gasteiger charge is 2.25. The Kier molecular flexibility index (Phi) is 6.65. The van der Waals surface area contributed by atoms with Crippen LogP contribution < -0.4 is 0 Å². The lowest BCUT2D eigenvalue weighted by atomic mass is 10.0. The van der Waals surface area contributed by atoms with Gasteiger partial charge in [0, 0.05) is 0 Å². The molecule has 1 aromatic carbocycles. The van der Waals surface area contributed by atoms with Crippen LogP contribution in [-0.4, -0.2) is 28.5 Å². The van der Waals surface area contributed by atoms with E-state index in [9.17, 15) is 10.2 Å². The summed E-state index contributed by atoms with van der Waals surface area (Å²) in [6, 6.07) is 9.69. The fraction of sp³-hybridized carbons (Fsp3) is 0.467. The lowest BCUT2D eigenvalue weighted by Gasteiger charge is -2.26. The van der Waals surface area contributed by atoms with E-state index in [0.29, 0.717) is 13.0 Å². The van der Waals surface area contributed by atoms with Gasteiger partial charge in [-0.1, -0.05) is 49.8 Å². The van der Waals surface area contributed by atoms with Crippen molar-refractivity contribution in [2.75, 3.05) is 0 Å². The lowest BCUT2D eigenvalue weighted by molar-refractivity contribution is -0.0945. The zero-order valence-electron chi connectivity index (χ0n) is 10.8. The molecule has 0 aromatic heterocycles. The zero-order chi connectivity index (χ0) is 13.4. The number of rotatable bonds is 8. The Morgan fingerprint density at radius 3 is 2.50 bits per heavy atom. The quantitative estimate of drug-likeness (QED) is 0.696. The van der Waals surface area contributed by atoms with E-state index in [2.05, 4.69) is 6.58 Å². The number of aliphatic hydroxyl groups is 2. The van der Waals surface area contributed by atoms with Crippen molar-refractivity contribution in [1.82, 2.24) is 0 Å². The number of ether oxygens (including phenoxy) is 1. The third-order valence-corrected chi connectivity index (χ3v) is 2.83. The first-order valence-corrected chi connectivity index (χ1v) is 6.33. The number of hydrogen-bond acceptors (Lipinski definition) is 3. The molecule has 3 atom stereocenters. The average Bonchev–Trinajstić information content (AvgIpc) is 2.40. The van der Waals surface area contributed by atoms with Gasteiger partial charge in [0.15, 0.2) is 0 Å². The van der Waals surface area contributed by atoms with Gasteiger partial charge in [0.05, 0.1) is 12.7 Å². The molecule has 18 heavy (non-hydrogen) atoms. The molecule has 0 heterocycles. The van der Waals surface area contributed by atoms with Crippen LogP contribution in [-0.2, 0) is 11.3 Å². The Hall–Kier alpha value is -1.16. The minimum atomic E-state index is -0.852. The number of aliphatic hydroxyl groups excluding tert-OH is 2. The van der Waals surface area contributed by atoms with E-state index in [0.717, 1.165) is 12.0 Å². The second-order valence-electron chi connectivity index (χ2n) is 4.34. The number of benzene rings is 1. The predicted molar refractivity (Wildman–Crippen MR) is 72.1 cm³/mol. The van der Waals surface area contributed by atoms with Crippen LogP contribution in [0.5, 0.6) is 0 Å². The van der Waals surface area contributed by atoms with Crippen molar-refractivity contribution in [2.24, 2.45) is 0 Å². The predicted octanol–water partition coefficient (Wildman–Crippen LogP) is 2.28. The summed E-state index contributed by atoms with van der Waals surface area (Å²) in [6.45, 7) is 5.89. The van der Waals surface area contributed by atoms with Crippen molar-refractivity contribution in [3.8, 4) is 0 Å². The summed E-state index contributed by atoms with van der Waals surface area (Å²) >= 11 is 0. The van der Waals surface area contributed by atoms with Crippen LogP contribution in [0.15, 0.2) is 43.0 Å². The summed E-state index contributed by atoms with van der Waals surface area (Å²) < 4.78 is 5.62. The zero-order valence-corrected chi connectivity index (χ0v) is 10.8. The molecule has 0 aliphatic carbocycles. The molecule has 0 unspecified atom stereocenters. The summed E-state index contributed by atoms with van der Waals surface area (Å²) in [6.07, 6.45) is 0.694. The normalized spacial score (nSPS) is 15.9. The second kappa shape index (κ2) is 8.03. The summed E-state index contributed by atoms with van der Waals surface area (Å²) in [5.41, 5.74) is 1.02. The van der Waals surface area contributed by atoms with Crippen molar-refractivity contribution in [2.45, 2.75) is 44.7 Å². The van der Waals surface area contributed by atoms with Gasteiger partial charge in [-0.3, -0.25) is 0 Å². The van der Waals surface area contributed by atoms with Crippen LogP contribution in [0.25, 0.3) is 0 Å². The van der Waals surface area contributed by atoms with Gasteiger partial charge < -0.3 is 14.9 Å². The Morgan fingerprint density at radius 2 is 1.94 bits per heavy atom. The van der Waals surface area contributed by atoms with Crippen molar-refractivity contribution in [1.29, 1.82) is 0 Å². The topological polar surface area (TPSA) is 49.7 Å². The monoisotopic (exact) mass is 250 g/mol. The smallest absolute Gasteiger partial charge is 0.113 e. The largest absolute Gasteiger partial charge is 0.390 e. The number of hydrogen-bond donors (Lipinski definition) is 2. The molecule has 3 heteroatoms. The Balaban J connectivity index is 2.58. The van der Waals surface area contributed by atoms with Crippen LogP contribution >= 0.6 is 0 Å². The van der Waals surface area contributed by atoms with Crippen molar-refractivity contribution in [3.63, 3.8) is 0 Å². The minimum absolute atomic E-state index is 0.372. The average molecular weight is 250 g/mol. The van der Waals surface area contributed by atoms with Gasteiger partial charge in [0.1, 0.15) is 12.2 Å². The lowest BCUT2D eigenvalue weighted by Crippen LogP contribution is -2.38. The van der Waals surface area contributed by atoms with Crippen LogP contribution in [0.3, 0.4) is 0 Å². The molecule has 0 aliphatic heterocycles. The van der Waals surface area contributed by atoms with Crippen LogP contribution in [0.4, 0.5) is 0 Å². The third kappa shape index (κ3) is 4.61. The molecule has 0 radical (unpaired) electrons. The van der Waals surface area contributed by atoms with Gasteiger partial charge in [-0.2, -0.15) is 0 Å². The maximum atomic E-state index is 9.96. The van der Waals surface area contributed by atoms with Crippen molar-refractivity contribution < 1.29 is 14.9 Å². The van der Waals surface area contributed by atoms with Crippen molar-refractivity contribution in [3.05, 3.63) is 48.6 Å². The minimum Gasteiger partial charge on any atom is -0.390 e. The van der Waals surface area contributed by atoms with Crippen LogP contribution in [0, 0.1) is 0 Å². The summed E-state index contributed by atoms with van der Waals surface area (Å²) in [5, 5.41) is 19.7. The molecule has 3 nitrogen and oxygen atoms in total. The molecule has 0 aliphatic rings. The van der Waals surface area contributed by atoms with E-state index in [1.54, 1.807) is 0 Å². The first-order chi connectivity index (χ1) is 8.69. The molecule has 1 aromatic rings. The van der Waals surface area contributed by atoms with Gasteiger partial charge in [-0.25, -0.2) is 0 Å². The Labute approximate surface area is 109 Å². The van der Waals surface area contributed by atoms with E-state index < -0.39 is 18.3 Å². The maximum absolute atomic E-state index is 9.96. The molecular formula is C15H22O3. The first-order valence-electron chi connectivity index (χ1n) is 6.33. The summed E-state index contributed by atoms with van der Waals surface area (Å²) in [4.78, 5) is 0. The molecule has 0 fully saturated rings. The van der Waals surface area contributed by atoms with Gasteiger partial charge in [-0.05, 0) is 12.0 Å². The summed E-state index contributed by atoms with van der Waals surface area (Å²) in [5.74, 6) is 0. The fourth-order valence-electron chi connectivity index (χ4n) is 1.80. The van der Waals surface area contributed by atoms with Gasteiger partial charge in [0.25, 0.3) is 0 Å². The standard InChI is InChI=1S/C15H22O3/c1-3-8-14(17)15(13(16)4-2)18-11-12-9-6-5-7-10-12/h4-7,9-10,13-17H,2-3,8,11H2,1H3/t13-,14+,15-/m0/s1. The maximum Gasteiger partial charge on any atom is 0.113 e. The molecule has 100 valence electrons. The highest BCUT2D eigenvalue weighted by atomic mass is 16.5. The third-order valence-electron chi connectivity index (χ3n) is 2.83. The van der Waals surface area contributed by atoms with Gasteiger partial charge >= 0.3 is 0 Å². The second-order valence-corrected chi connectivity index (χ2v) is 4.34. The SMILES string of the molecule is C=C[C@H](O)[C@H](OCc1ccccc1)[C@H](O)CCC. The van der Waals surface area contributed by atoms with E-state index >= 15 is 0 Å². The van der Waals surface area contributed by atoms with Gasteiger partial charge in [-0.15, -0.1) is 6.58 Å². The molecule has 0 bridgehead atoms. The molecular weight excluding hydrogens is 228 g/mol. The Morgan fingerprint density at radius 1 is 1.28 bits per heavy atom. The highest BCUT2D eigenvalue weighted by Crippen LogP contribution is 2.14. The van der Waals surface area contributed by atoms with E-state index in [4.69, 9.17) is 4.74 Å². The molecule has 0 saturated carbocycles. The van der Waals surface area contributed by atoms with Crippen LogP contribution in [0.1, 0.15) is 25.3 Å². The van der Waals surface area contributed by atoms with Gasteiger partial charge in [0.2, 0.25) is 0 Å². The molecule has 0 saturated heterocycles. The highest BCUT2D eigenvalue weighted by molar-refractivity contribution is 5.13. The first kappa shape index (κ1) is 14.9. The van der Waals surface area contributed by atoms with Crippen LogP contribution in [0.2, 0.25) is 0 Å². The summed E-state index contributed by atoms with van der Waals surface area (Å²) in [7, 11) is 0. The van der Waals surface area contributed by atoms with E-state index in [-0.39, 0.29) is 0 Å². The molecule has 1 rings (SSSR count). The molecule has 0 spiro atoms. The molecule has 0 amide bonds.